The minimum Gasteiger partial charge on any atom is -0.384 e. The van der Waals surface area contributed by atoms with Crippen LogP contribution in [0.25, 0.3) is 11.1 Å². The second-order valence-electron chi connectivity index (χ2n) is 7.94. The maximum absolute atomic E-state index is 14.6. The van der Waals surface area contributed by atoms with Gasteiger partial charge in [0.05, 0.1) is 23.8 Å². The first-order valence-electron chi connectivity index (χ1n) is 10.7. The number of carbonyl (C=O) groups excluding carboxylic acids is 2. The fourth-order valence-corrected chi connectivity index (χ4v) is 5.00. The molecule has 2 amide bonds. The van der Waals surface area contributed by atoms with Crippen molar-refractivity contribution >= 4 is 21.8 Å². The first-order chi connectivity index (χ1) is 15.7. The van der Waals surface area contributed by atoms with Crippen LogP contribution in [0.2, 0.25) is 0 Å². The van der Waals surface area contributed by atoms with Crippen molar-refractivity contribution in [2.45, 2.75) is 31.4 Å². The third-order valence-electron chi connectivity index (χ3n) is 5.67. The van der Waals surface area contributed by atoms with E-state index >= 15 is 0 Å². The summed E-state index contributed by atoms with van der Waals surface area (Å²) < 4.78 is 44.9. The van der Waals surface area contributed by atoms with Crippen molar-refractivity contribution in [1.29, 1.82) is 0 Å². The number of methoxy groups -OCH3 is 1. The molecule has 1 saturated heterocycles. The molecule has 0 saturated carbocycles. The predicted octanol–water partition coefficient (Wildman–Crippen LogP) is 2.39. The summed E-state index contributed by atoms with van der Waals surface area (Å²) in [5.41, 5.74) is 3.60. The van der Waals surface area contributed by atoms with Crippen molar-refractivity contribution in [3.05, 3.63) is 59.4 Å². The van der Waals surface area contributed by atoms with E-state index < -0.39 is 27.0 Å². The number of benzene rings is 2. The van der Waals surface area contributed by atoms with Crippen LogP contribution < -0.4 is 10.3 Å². The second-order valence-corrected chi connectivity index (χ2v) is 9.91. The zero-order valence-electron chi connectivity index (χ0n) is 18.6. The number of nitrogens with one attached hydrogen (secondary N) is 2. The normalized spacial score (nSPS) is 14.8. The molecule has 1 aliphatic rings. The van der Waals surface area contributed by atoms with Gasteiger partial charge in [-0.2, -0.15) is 0 Å². The van der Waals surface area contributed by atoms with Crippen LogP contribution in [0, 0.1) is 12.7 Å². The Morgan fingerprint density at radius 3 is 2.42 bits per heavy atom. The van der Waals surface area contributed by atoms with Crippen LogP contribution in [-0.4, -0.2) is 57.2 Å². The monoisotopic (exact) mass is 477 g/mol. The summed E-state index contributed by atoms with van der Waals surface area (Å²) in [7, 11) is -2.39. The molecule has 3 rings (SSSR count). The van der Waals surface area contributed by atoms with Crippen LogP contribution in [0.4, 0.5) is 4.39 Å². The van der Waals surface area contributed by atoms with Crippen LogP contribution in [0.15, 0.2) is 42.5 Å². The Morgan fingerprint density at radius 1 is 1.12 bits per heavy atom. The van der Waals surface area contributed by atoms with Crippen LogP contribution in [0.3, 0.4) is 0 Å². The van der Waals surface area contributed by atoms with E-state index in [0.29, 0.717) is 25.3 Å². The minimum atomic E-state index is -3.90. The van der Waals surface area contributed by atoms with Gasteiger partial charge in [-0.25, -0.2) is 12.8 Å². The summed E-state index contributed by atoms with van der Waals surface area (Å²) >= 11 is 0. The Kier molecular flexibility index (Phi) is 8.17. The molecule has 178 valence electrons. The number of hydrogen-bond donors (Lipinski definition) is 2. The minimum absolute atomic E-state index is 0.0851. The lowest BCUT2D eigenvalue weighted by Crippen LogP contribution is -2.50. The Hall–Kier alpha value is -2.82. The summed E-state index contributed by atoms with van der Waals surface area (Å²) in [4.78, 5) is 28.4. The van der Waals surface area contributed by atoms with Gasteiger partial charge in [-0.05, 0) is 48.6 Å². The van der Waals surface area contributed by atoms with Crippen LogP contribution in [0.1, 0.15) is 35.2 Å². The van der Waals surface area contributed by atoms with Crippen molar-refractivity contribution < 1.29 is 27.1 Å². The zero-order chi connectivity index (χ0) is 24.0. The maximum atomic E-state index is 14.6. The van der Waals surface area contributed by atoms with Gasteiger partial charge < -0.3 is 9.64 Å². The molecule has 0 spiro atoms. The average Bonchev–Trinajstić information content (AvgIpc) is 2.83. The molecule has 8 nitrogen and oxygen atoms in total. The third kappa shape index (κ3) is 6.16. The number of ether oxygens (including phenoxy) is 1. The molecular formula is C23H28FN3O5S. The maximum Gasteiger partial charge on any atom is 0.269 e. The smallest absolute Gasteiger partial charge is 0.269 e. The standard InChI is InChI=1S/C23H28FN3O5S/c1-16-14-18(17-6-4-3-5-7-17)15-20(22(16)24)23(29)25-26-33(30,31)19-8-11-27(12-9-19)21(28)10-13-32-2/h3-7,14-15,19,26H,8-13H2,1-2H3,(H,25,29). The average molecular weight is 478 g/mol. The molecule has 1 heterocycles. The number of halogens is 1. The van der Waals surface area contributed by atoms with Gasteiger partial charge in [0.2, 0.25) is 15.9 Å². The van der Waals surface area contributed by atoms with Gasteiger partial charge in [0.15, 0.2) is 0 Å². The summed E-state index contributed by atoms with van der Waals surface area (Å²) in [5, 5.41) is -0.772. The van der Waals surface area contributed by atoms with Crippen molar-refractivity contribution in [2.75, 3.05) is 26.8 Å². The molecule has 2 N–H and O–H groups in total. The molecule has 2 aromatic carbocycles. The van der Waals surface area contributed by atoms with E-state index in [9.17, 15) is 22.4 Å². The van der Waals surface area contributed by atoms with Gasteiger partial charge in [0.1, 0.15) is 5.82 Å². The van der Waals surface area contributed by atoms with Crippen molar-refractivity contribution in [3.63, 3.8) is 0 Å². The Labute approximate surface area is 193 Å². The van der Waals surface area contributed by atoms with Gasteiger partial charge in [0, 0.05) is 20.2 Å². The SMILES string of the molecule is COCCC(=O)N1CCC(S(=O)(=O)NNC(=O)c2cc(-c3ccccc3)cc(C)c2F)CC1. The van der Waals surface area contributed by atoms with E-state index in [1.165, 1.54) is 13.2 Å². The molecule has 0 aromatic heterocycles. The number of hydrogen-bond acceptors (Lipinski definition) is 5. The van der Waals surface area contributed by atoms with Crippen LogP contribution >= 0.6 is 0 Å². The van der Waals surface area contributed by atoms with E-state index in [0.717, 1.165) is 5.56 Å². The van der Waals surface area contributed by atoms with Crippen molar-refractivity contribution in [1.82, 2.24) is 15.2 Å². The fourth-order valence-electron chi connectivity index (χ4n) is 3.76. The van der Waals surface area contributed by atoms with Gasteiger partial charge in [-0.3, -0.25) is 15.0 Å². The molecule has 0 aliphatic carbocycles. The number of piperidine rings is 1. The van der Waals surface area contributed by atoms with Gasteiger partial charge in [-0.1, -0.05) is 30.3 Å². The third-order valence-corrected chi connectivity index (χ3v) is 7.40. The van der Waals surface area contributed by atoms with Gasteiger partial charge in [-0.15, -0.1) is 4.83 Å². The summed E-state index contributed by atoms with van der Waals surface area (Å²) in [6.07, 6.45) is 0.719. The number of likely N-dealkylation sites (tertiary alicyclic amines) is 1. The van der Waals surface area contributed by atoms with E-state index in [-0.39, 0.29) is 36.3 Å². The van der Waals surface area contributed by atoms with E-state index in [1.54, 1.807) is 17.9 Å². The van der Waals surface area contributed by atoms with Crippen LogP contribution in [0.5, 0.6) is 0 Å². The van der Waals surface area contributed by atoms with Gasteiger partial charge >= 0.3 is 0 Å². The number of nitrogens with zero attached hydrogens (tertiary/aromatic N) is 1. The molecule has 33 heavy (non-hydrogen) atoms. The molecule has 0 bridgehead atoms. The van der Waals surface area contributed by atoms with E-state index in [4.69, 9.17) is 4.74 Å². The lowest BCUT2D eigenvalue weighted by atomic mass is 9.99. The fraction of sp³-hybridized carbons (Fsp3) is 0.391. The Bertz CT molecular complexity index is 1100. The summed E-state index contributed by atoms with van der Waals surface area (Å²) in [6, 6.07) is 12.2. The van der Waals surface area contributed by atoms with Crippen molar-refractivity contribution in [3.8, 4) is 11.1 Å². The summed E-state index contributed by atoms with van der Waals surface area (Å²) in [6.45, 7) is 2.46. The zero-order valence-corrected chi connectivity index (χ0v) is 19.5. The van der Waals surface area contributed by atoms with Crippen LogP contribution in [-0.2, 0) is 19.6 Å². The second kappa shape index (κ2) is 10.9. The number of carbonyl (C=O) groups is 2. The number of amides is 2. The lowest BCUT2D eigenvalue weighted by molar-refractivity contribution is -0.132. The highest BCUT2D eigenvalue weighted by atomic mass is 32.2. The van der Waals surface area contributed by atoms with Gasteiger partial charge in [0.25, 0.3) is 5.91 Å². The molecule has 2 aromatic rings. The topological polar surface area (TPSA) is 105 Å². The highest BCUT2D eigenvalue weighted by Crippen LogP contribution is 2.25. The van der Waals surface area contributed by atoms with Crippen molar-refractivity contribution in [2.24, 2.45) is 0 Å². The number of aryl methyl sites for hydroxylation is 1. The van der Waals surface area contributed by atoms with E-state index in [2.05, 4.69) is 10.3 Å². The Morgan fingerprint density at radius 2 is 1.79 bits per heavy atom. The molecule has 0 atom stereocenters. The predicted molar refractivity (Wildman–Crippen MR) is 122 cm³/mol. The molecule has 1 fully saturated rings. The quantitative estimate of drug-likeness (QED) is 0.568. The Balaban J connectivity index is 1.64. The highest BCUT2D eigenvalue weighted by molar-refractivity contribution is 7.90. The molecule has 10 heteroatoms. The summed E-state index contributed by atoms with van der Waals surface area (Å²) in [5.74, 6) is -1.68. The molecule has 0 radical (unpaired) electrons. The largest absolute Gasteiger partial charge is 0.384 e. The highest BCUT2D eigenvalue weighted by Gasteiger charge is 2.32. The molecule has 1 aliphatic heterocycles. The van der Waals surface area contributed by atoms with E-state index in [1.807, 2.05) is 30.3 Å². The number of rotatable bonds is 8. The first kappa shape index (κ1) is 24.8. The molecular weight excluding hydrogens is 449 g/mol. The number of sulfonamides is 1. The molecule has 0 unspecified atom stereocenters. The first-order valence-corrected chi connectivity index (χ1v) is 12.2. The lowest BCUT2D eigenvalue weighted by Gasteiger charge is -2.31. The number of hydrazine groups is 1.